The van der Waals surface area contributed by atoms with Gasteiger partial charge in [0.2, 0.25) is 10.0 Å². The molecule has 1 amide bonds. The summed E-state index contributed by atoms with van der Waals surface area (Å²) in [5.74, 6) is -0.524. The first-order chi connectivity index (χ1) is 13.4. The normalized spacial score (nSPS) is 13.3. The van der Waals surface area contributed by atoms with Crippen molar-refractivity contribution < 1.29 is 21.6 Å². The summed E-state index contributed by atoms with van der Waals surface area (Å²) in [6.45, 7) is 0. The van der Waals surface area contributed by atoms with E-state index in [-0.39, 0.29) is 15.4 Å². The molecule has 0 atom stereocenters. The third-order valence-corrected chi connectivity index (χ3v) is 8.32. The summed E-state index contributed by atoms with van der Waals surface area (Å²) in [7, 11) is -2.32. The van der Waals surface area contributed by atoms with Gasteiger partial charge in [-0.2, -0.15) is 4.99 Å². The van der Waals surface area contributed by atoms with Crippen LogP contribution in [0.25, 0.3) is 10.2 Å². The lowest BCUT2D eigenvalue weighted by Crippen LogP contribution is -2.22. The summed E-state index contributed by atoms with van der Waals surface area (Å²) >= 11 is 1.20. The largest absolute Gasteiger partial charge is 0.319 e. The summed E-state index contributed by atoms with van der Waals surface area (Å²) in [6, 6.07) is 10.3. The number of hydrogen-bond donors (Lipinski definition) is 0. The lowest BCUT2D eigenvalue weighted by atomic mass is 10.2. The van der Waals surface area contributed by atoms with Gasteiger partial charge in [0.15, 0.2) is 14.6 Å². The van der Waals surface area contributed by atoms with Crippen LogP contribution in [0.2, 0.25) is 0 Å². The first kappa shape index (κ1) is 21.4. The molecular formula is C18H19N3O5S3. The maximum atomic E-state index is 12.5. The Morgan fingerprint density at radius 1 is 1.00 bits per heavy atom. The predicted octanol–water partition coefficient (Wildman–Crippen LogP) is 1.63. The molecule has 0 saturated carbocycles. The number of hydrogen-bond acceptors (Lipinski definition) is 6. The number of sulfone groups is 1. The Balaban J connectivity index is 2.01. The Hall–Kier alpha value is -2.34. The zero-order valence-electron chi connectivity index (χ0n) is 16.1. The van der Waals surface area contributed by atoms with Crippen LogP contribution in [0.15, 0.2) is 57.2 Å². The molecule has 0 unspecified atom stereocenters. The first-order valence-corrected chi connectivity index (χ1v) is 12.5. The van der Waals surface area contributed by atoms with Crippen molar-refractivity contribution in [3.63, 3.8) is 0 Å². The zero-order valence-corrected chi connectivity index (χ0v) is 18.6. The number of carbonyl (C=O) groups excluding carboxylic acids is 1. The highest BCUT2D eigenvalue weighted by Gasteiger charge is 2.17. The van der Waals surface area contributed by atoms with Crippen molar-refractivity contribution >= 4 is 47.3 Å². The fourth-order valence-corrected chi connectivity index (χ4v) is 5.26. The van der Waals surface area contributed by atoms with Crippen molar-refractivity contribution in [2.75, 3.05) is 20.4 Å². The second-order valence-electron chi connectivity index (χ2n) is 6.57. The molecule has 29 heavy (non-hydrogen) atoms. The van der Waals surface area contributed by atoms with Gasteiger partial charge in [-0.25, -0.2) is 21.1 Å². The Kier molecular flexibility index (Phi) is 5.52. The number of nitrogens with zero attached hydrogens (tertiary/aromatic N) is 3. The van der Waals surface area contributed by atoms with Crippen LogP contribution in [0.4, 0.5) is 0 Å². The van der Waals surface area contributed by atoms with Gasteiger partial charge in [0.05, 0.1) is 20.0 Å². The predicted molar refractivity (Wildman–Crippen MR) is 111 cm³/mol. The van der Waals surface area contributed by atoms with Gasteiger partial charge in [-0.3, -0.25) is 4.79 Å². The number of benzene rings is 2. The quantitative estimate of drug-likeness (QED) is 0.597. The minimum absolute atomic E-state index is 0.0831. The number of thiazole rings is 1. The zero-order chi connectivity index (χ0) is 21.6. The number of sulfonamides is 1. The highest BCUT2D eigenvalue weighted by Crippen LogP contribution is 2.21. The molecule has 0 aliphatic carbocycles. The van der Waals surface area contributed by atoms with Crippen LogP contribution < -0.4 is 4.80 Å². The molecule has 3 aromatic rings. The van der Waals surface area contributed by atoms with Crippen molar-refractivity contribution in [2.24, 2.45) is 12.0 Å². The van der Waals surface area contributed by atoms with E-state index in [0.717, 1.165) is 16.1 Å². The third-order valence-electron chi connectivity index (χ3n) is 4.29. The van der Waals surface area contributed by atoms with Gasteiger partial charge in [-0.05, 0) is 42.5 Å². The van der Waals surface area contributed by atoms with Gasteiger partial charge in [0.1, 0.15) is 0 Å². The number of amides is 1. The van der Waals surface area contributed by atoms with Gasteiger partial charge < -0.3 is 4.57 Å². The number of fused-ring (bicyclic) bond motifs is 1. The third kappa shape index (κ3) is 4.17. The van der Waals surface area contributed by atoms with Crippen molar-refractivity contribution in [1.82, 2.24) is 8.87 Å². The minimum atomic E-state index is -3.58. The maximum Gasteiger partial charge on any atom is 0.279 e. The van der Waals surface area contributed by atoms with Crippen LogP contribution in [0.1, 0.15) is 10.4 Å². The SMILES string of the molecule is CN(C)S(=O)(=O)c1ccc(C(=O)N=c2sc3cc(S(C)(=O)=O)ccc3n2C)cc1. The van der Waals surface area contributed by atoms with E-state index in [1.165, 1.54) is 55.8 Å². The van der Waals surface area contributed by atoms with Gasteiger partial charge in [-0.1, -0.05) is 11.3 Å². The van der Waals surface area contributed by atoms with E-state index in [1.54, 1.807) is 23.7 Å². The molecule has 0 fully saturated rings. The van der Waals surface area contributed by atoms with E-state index in [2.05, 4.69) is 4.99 Å². The molecule has 0 aliphatic heterocycles. The van der Waals surface area contributed by atoms with Gasteiger partial charge >= 0.3 is 0 Å². The first-order valence-electron chi connectivity index (χ1n) is 8.32. The second kappa shape index (κ2) is 7.48. The highest BCUT2D eigenvalue weighted by molar-refractivity contribution is 7.90. The molecule has 3 rings (SSSR count). The fourth-order valence-electron chi connectivity index (χ4n) is 2.58. The molecule has 11 heteroatoms. The van der Waals surface area contributed by atoms with E-state index in [4.69, 9.17) is 0 Å². The molecule has 154 valence electrons. The lowest BCUT2D eigenvalue weighted by molar-refractivity contribution is 0.0998. The Bertz CT molecular complexity index is 1380. The van der Waals surface area contributed by atoms with Crippen molar-refractivity contribution in [3.05, 3.63) is 52.8 Å². The summed E-state index contributed by atoms with van der Waals surface area (Å²) in [6.07, 6.45) is 1.14. The molecule has 0 N–H and O–H groups in total. The molecule has 1 heterocycles. The molecule has 0 saturated heterocycles. The molecule has 0 bridgehead atoms. The van der Waals surface area contributed by atoms with Crippen LogP contribution in [0, 0.1) is 0 Å². The van der Waals surface area contributed by atoms with E-state index in [1.807, 2.05) is 0 Å². The van der Waals surface area contributed by atoms with Gasteiger partial charge in [-0.15, -0.1) is 0 Å². The van der Waals surface area contributed by atoms with Crippen LogP contribution >= 0.6 is 11.3 Å². The molecule has 0 spiro atoms. The molecule has 0 aliphatic rings. The van der Waals surface area contributed by atoms with E-state index in [9.17, 15) is 21.6 Å². The topological polar surface area (TPSA) is 106 Å². The summed E-state index contributed by atoms with van der Waals surface area (Å²) in [5, 5.41) is 0. The number of aromatic nitrogens is 1. The Labute approximate surface area is 172 Å². The minimum Gasteiger partial charge on any atom is -0.319 e. The average Bonchev–Trinajstić information content (AvgIpc) is 2.96. The molecule has 1 aromatic heterocycles. The summed E-state index contributed by atoms with van der Waals surface area (Å²) in [4.78, 5) is 17.3. The molecule has 0 radical (unpaired) electrons. The van der Waals surface area contributed by atoms with E-state index in [0.29, 0.717) is 9.50 Å². The van der Waals surface area contributed by atoms with Crippen molar-refractivity contribution in [3.8, 4) is 0 Å². The Morgan fingerprint density at radius 2 is 1.59 bits per heavy atom. The number of rotatable bonds is 4. The van der Waals surface area contributed by atoms with Crippen molar-refractivity contribution in [1.29, 1.82) is 0 Å². The smallest absolute Gasteiger partial charge is 0.279 e. The van der Waals surface area contributed by atoms with Crippen LogP contribution in [0.5, 0.6) is 0 Å². The maximum absolute atomic E-state index is 12.5. The van der Waals surface area contributed by atoms with E-state index < -0.39 is 25.8 Å². The monoisotopic (exact) mass is 453 g/mol. The number of carbonyl (C=O) groups is 1. The van der Waals surface area contributed by atoms with Crippen LogP contribution in [-0.2, 0) is 26.9 Å². The highest BCUT2D eigenvalue weighted by atomic mass is 32.2. The standard InChI is InChI=1S/C18H19N3O5S3/c1-20(2)29(25,26)13-7-5-12(6-8-13)17(22)19-18-21(3)15-10-9-14(28(4,23)24)11-16(15)27-18/h5-11H,1-4H3. The molecule has 8 nitrogen and oxygen atoms in total. The fraction of sp³-hybridized carbons (Fsp3) is 0.222. The van der Waals surface area contributed by atoms with Crippen molar-refractivity contribution in [2.45, 2.75) is 9.79 Å². The van der Waals surface area contributed by atoms with E-state index >= 15 is 0 Å². The van der Waals surface area contributed by atoms with Gasteiger partial charge in [0.25, 0.3) is 5.91 Å². The van der Waals surface area contributed by atoms with Crippen LogP contribution in [-0.4, -0.2) is 52.0 Å². The number of aryl methyl sites for hydroxylation is 1. The van der Waals surface area contributed by atoms with Gasteiger partial charge in [0, 0.05) is 33.0 Å². The lowest BCUT2D eigenvalue weighted by Gasteiger charge is -2.11. The molecular weight excluding hydrogens is 434 g/mol. The average molecular weight is 454 g/mol. The van der Waals surface area contributed by atoms with Crippen LogP contribution in [0.3, 0.4) is 0 Å². The summed E-state index contributed by atoms with van der Waals surface area (Å²) < 4.78 is 51.2. The second-order valence-corrected chi connectivity index (χ2v) is 11.8. The summed E-state index contributed by atoms with van der Waals surface area (Å²) in [5.41, 5.74) is 0.998. The molecule has 2 aromatic carbocycles. The Morgan fingerprint density at radius 3 is 2.14 bits per heavy atom.